The van der Waals surface area contributed by atoms with Crippen LogP contribution in [0.2, 0.25) is 0 Å². The summed E-state index contributed by atoms with van der Waals surface area (Å²) in [4.78, 5) is 22.5. The third-order valence-corrected chi connectivity index (χ3v) is 3.56. The number of nitro groups is 1. The van der Waals surface area contributed by atoms with Gasteiger partial charge in [0.25, 0.3) is 5.69 Å². The number of nitrogens with zero attached hydrogens (tertiary/aromatic N) is 1. The first kappa shape index (κ1) is 17.6. The molecule has 2 rings (SSSR count). The molecular weight excluding hydrogens is 315 g/mol. The number of carbonyl (C=O) groups excluding carboxylic acids is 1. The number of nitro benzene ring substituents is 1. The van der Waals surface area contributed by atoms with E-state index >= 15 is 0 Å². The number of halogens is 1. The zero-order valence-corrected chi connectivity index (χ0v) is 13.0. The molecule has 0 heterocycles. The van der Waals surface area contributed by atoms with E-state index < -0.39 is 22.8 Å². The summed E-state index contributed by atoms with van der Waals surface area (Å²) in [6, 6.07) is 9.78. The molecule has 1 atom stereocenters. The molecule has 126 valence electrons. The maximum Gasteiger partial charge on any atom is 0.274 e. The lowest BCUT2D eigenvalue weighted by molar-refractivity contribution is -0.385. The molecule has 2 aromatic carbocycles. The molecule has 0 bridgehead atoms. The van der Waals surface area contributed by atoms with Crippen molar-refractivity contribution >= 4 is 17.3 Å². The minimum atomic E-state index is -1.16. The SMILES string of the molecule is CCc1ccc(NC(=O)CC(O)c2cccc(F)c2)cc1[N+](=O)[O-]. The average Bonchev–Trinajstić information content (AvgIpc) is 2.54. The van der Waals surface area contributed by atoms with Gasteiger partial charge in [0.15, 0.2) is 0 Å². The molecule has 2 N–H and O–H groups in total. The quantitative estimate of drug-likeness (QED) is 0.626. The van der Waals surface area contributed by atoms with Crippen LogP contribution in [0.3, 0.4) is 0 Å². The highest BCUT2D eigenvalue weighted by Gasteiger charge is 2.17. The average molecular weight is 332 g/mol. The smallest absolute Gasteiger partial charge is 0.274 e. The van der Waals surface area contributed by atoms with Crippen molar-refractivity contribution in [1.29, 1.82) is 0 Å². The van der Waals surface area contributed by atoms with E-state index in [9.17, 15) is 24.4 Å². The van der Waals surface area contributed by atoms with Crippen molar-refractivity contribution in [3.8, 4) is 0 Å². The summed E-state index contributed by atoms with van der Waals surface area (Å²) >= 11 is 0. The van der Waals surface area contributed by atoms with E-state index in [4.69, 9.17) is 0 Å². The Morgan fingerprint density at radius 2 is 2.08 bits per heavy atom. The monoisotopic (exact) mass is 332 g/mol. The van der Waals surface area contributed by atoms with Crippen molar-refractivity contribution in [1.82, 2.24) is 0 Å². The molecule has 1 unspecified atom stereocenters. The fourth-order valence-electron chi connectivity index (χ4n) is 2.33. The highest BCUT2D eigenvalue weighted by atomic mass is 19.1. The van der Waals surface area contributed by atoms with Crippen molar-refractivity contribution in [2.45, 2.75) is 25.9 Å². The van der Waals surface area contributed by atoms with E-state index in [1.165, 1.54) is 24.3 Å². The second kappa shape index (κ2) is 7.65. The van der Waals surface area contributed by atoms with E-state index in [0.29, 0.717) is 12.0 Å². The number of rotatable bonds is 6. The second-order valence-corrected chi connectivity index (χ2v) is 5.28. The molecule has 0 aliphatic carbocycles. The first-order valence-corrected chi connectivity index (χ1v) is 7.41. The standard InChI is InChI=1S/C17H17FN2O4/c1-2-11-6-7-14(9-15(11)20(23)24)19-17(22)10-16(21)12-4-3-5-13(18)8-12/h3-9,16,21H,2,10H2,1H3,(H,19,22). The van der Waals surface area contributed by atoms with Gasteiger partial charge >= 0.3 is 0 Å². The Labute approximate surface area is 138 Å². The summed E-state index contributed by atoms with van der Waals surface area (Å²) in [7, 11) is 0. The minimum Gasteiger partial charge on any atom is -0.388 e. The number of benzene rings is 2. The van der Waals surface area contributed by atoms with E-state index in [1.807, 2.05) is 0 Å². The number of aryl methyl sites for hydroxylation is 1. The number of aliphatic hydroxyl groups is 1. The summed E-state index contributed by atoms with van der Waals surface area (Å²) in [6.07, 6.45) is -0.944. The van der Waals surface area contributed by atoms with E-state index in [2.05, 4.69) is 5.32 Å². The Morgan fingerprint density at radius 1 is 1.33 bits per heavy atom. The van der Waals surface area contributed by atoms with Crippen LogP contribution in [-0.4, -0.2) is 15.9 Å². The van der Waals surface area contributed by atoms with Crippen molar-refractivity contribution in [2.75, 3.05) is 5.32 Å². The minimum absolute atomic E-state index is 0.0685. The molecule has 1 amide bonds. The second-order valence-electron chi connectivity index (χ2n) is 5.28. The van der Waals surface area contributed by atoms with E-state index in [-0.39, 0.29) is 23.4 Å². The maximum absolute atomic E-state index is 13.1. The van der Waals surface area contributed by atoms with Gasteiger partial charge < -0.3 is 10.4 Å². The van der Waals surface area contributed by atoms with Gasteiger partial charge in [-0.2, -0.15) is 0 Å². The van der Waals surface area contributed by atoms with Crippen LogP contribution >= 0.6 is 0 Å². The highest BCUT2D eigenvalue weighted by molar-refractivity contribution is 5.91. The van der Waals surface area contributed by atoms with Gasteiger partial charge in [0, 0.05) is 17.3 Å². The number of carbonyl (C=O) groups is 1. The molecule has 0 aliphatic heterocycles. The third-order valence-electron chi connectivity index (χ3n) is 3.56. The normalized spacial score (nSPS) is 11.8. The predicted molar refractivity (Wildman–Crippen MR) is 87.1 cm³/mol. The lowest BCUT2D eigenvalue weighted by Gasteiger charge is -2.12. The summed E-state index contributed by atoms with van der Waals surface area (Å²) in [6.45, 7) is 1.80. The van der Waals surface area contributed by atoms with Crippen LogP contribution in [0.15, 0.2) is 42.5 Å². The van der Waals surface area contributed by atoms with Crippen LogP contribution in [0.25, 0.3) is 0 Å². The molecule has 24 heavy (non-hydrogen) atoms. The van der Waals surface area contributed by atoms with E-state index in [1.54, 1.807) is 19.1 Å². The molecule has 0 aromatic heterocycles. The lowest BCUT2D eigenvalue weighted by Crippen LogP contribution is -2.15. The van der Waals surface area contributed by atoms with Crippen molar-refractivity contribution in [2.24, 2.45) is 0 Å². The number of nitrogens with one attached hydrogen (secondary N) is 1. The first-order chi connectivity index (χ1) is 11.4. The molecule has 0 saturated heterocycles. The highest BCUT2D eigenvalue weighted by Crippen LogP contribution is 2.24. The van der Waals surface area contributed by atoms with Crippen molar-refractivity contribution in [3.63, 3.8) is 0 Å². The largest absolute Gasteiger partial charge is 0.388 e. The molecule has 2 aromatic rings. The van der Waals surface area contributed by atoms with Gasteiger partial charge in [0.1, 0.15) is 5.82 Å². The fraction of sp³-hybridized carbons (Fsp3) is 0.235. The fourth-order valence-corrected chi connectivity index (χ4v) is 2.33. The topological polar surface area (TPSA) is 92.5 Å². The van der Waals surface area contributed by atoms with Gasteiger partial charge in [0.2, 0.25) is 5.91 Å². The summed E-state index contributed by atoms with van der Waals surface area (Å²) < 4.78 is 13.1. The van der Waals surface area contributed by atoms with Gasteiger partial charge in [-0.15, -0.1) is 0 Å². The predicted octanol–water partition coefficient (Wildman–Crippen LogP) is 3.36. The number of aliphatic hydroxyl groups excluding tert-OH is 1. The summed E-state index contributed by atoms with van der Waals surface area (Å²) in [5.74, 6) is -1.02. The molecular formula is C17H17FN2O4. The Morgan fingerprint density at radius 3 is 2.71 bits per heavy atom. The third kappa shape index (κ3) is 4.36. The van der Waals surface area contributed by atoms with Gasteiger partial charge in [-0.1, -0.05) is 25.1 Å². The van der Waals surface area contributed by atoms with Gasteiger partial charge in [0.05, 0.1) is 17.4 Å². The summed E-state index contributed by atoms with van der Waals surface area (Å²) in [5.41, 5.74) is 1.06. The molecule has 0 aliphatic rings. The van der Waals surface area contributed by atoms with Crippen LogP contribution in [0.1, 0.15) is 30.6 Å². The molecule has 0 fully saturated rings. The number of hydrogen-bond acceptors (Lipinski definition) is 4. The molecule has 6 nitrogen and oxygen atoms in total. The van der Waals surface area contributed by atoms with Crippen molar-refractivity contribution in [3.05, 3.63) is 69.5 Å². The zero-order chi connectivity index (χ0) is 17.7. The van der Waals surface area contributed by atoms with Crippen molar-refractivity contribution < 1.29 is 19.2 Å². The Balaban J connectivity index is 2.07. The van der Waals surface area contributed by atoms with Gasteiger partial charge in [-0.3, -0.25) is 14.9 Å². The summed E-state index contributed by atoms with van der Waals surface area (Å²) in [5, 5.41) is 23.5. The van der Waals surface area contributed by atoms with Gasteiger partial charge in [-0.25, -0.2) is 4.39 Å². The number of amides is 1. The Hall–Kier alpha value is -2.80. The molecule has 0 saturated carbocycles. The van der Waals surface area contributed by atoms with E-state index in [0.717, 1.165) is 6.07 Å². The van der Waals surface area contributed by atoms with Crippen LogP contribution in [0.5, 0.6) is 0 Å². The molecule has 0 radical (unpaired) electrons. The van der Waals surface area contributed by atoms with Crippen LogP contribution in [0.4, 0.5) is 15.8 Å². The Bertz CT molecular complexity index is 764. The number of anilines is 1. The molecule has 0 spiro atoms. The first-order valence-electron chi connectivity index (χ1n) is 7.41. The number of hydrogen-bond donors (Lipinski definition) is 2. The zero-order valence-electron chi connectivity index (χ0n) is 13.0. The van der Waals surface area contributed by atoms with Crippen LogP contribution in [0, 0.1) is 15.9 Å². The molecule has 7 heteroatoms. The lowest BCUT2D eigenvalue weighted by atomic mass is 10.1. The maximum atomic E-state index is 13.1. The van der Waals surface area contributed by atoms with Crippen LogP contribution in [-0.2, 0) is 11.2 Å². The Kier molecular flexibility index (Phi) is 5.59. The van der Waals surface area contributed by atoms with Gasteiger partial charge in [-0.05, 0) is 30.2 Å². The van der Waals surface area contributed by atoms with Crippen LogP contribution < -0.4 is 5.32 Å².